The number of halogens is 2. The molecule has 6 heteroatoms. The molecule has 1 aromatic heterocycles. The first-order chi connectivity index (χ1) is 7.99. The predicted molar refractivity (Wildman–Crippen MR) is 65.3 cm³/mol. The second-order valence-corrected chi connectivity index (χ2v) is 4.34. The Morgan fingerprint density at radius 2 is 2.06 bits per heavy atom. The molecule has 0 unspecified atom stereocenters. The quantitative estimate of drug-likeness (QED) is 0.912. The molecule has 0 aliphatic rings. The summed E-state index contributed by atoms with van der Waals surface area (Å²) in [7, 11) is 0. The molecule has 0 bridgehead atoms. The first-order valence-corrected chi connectivity index (χ1v) is 5.48. The molecule has 1 heterocycles. The van der Waals surface area contributed by atoms with E-state index in [0.29, 0.717) is 15.7 Å². The van der Waals surface area contributed by atoms with Crippen molar-refractivity contribution in [2.24, 2.45) is 0 Å². The van der Waals surface area contributed by atoms with Crippen LogP contribution in [0.5, 0.6) is 0 Å². The summed E-state index contributed by atoms with van der Waals surface area (Å²) in [6.45, 7) is 1.84. The molecule has 0 fully saturated rings. The fourth-order valence-corrected chi connectivity index (χ4v) is 1.87. The van der Waals surface area contributed by atoms with E-state index >= 15 is 0 Å². The van der Waals surface area contributed by atoms with Gasteiger partial charge in [0.05, 0.1) is 10.7 Å². The van der Waals surface area contributed by atoms with Gasteiger partial charge in [-0.2, -0.15) is 0 Å². The number of aryl methyl sites for hydroxylation is 1. The maximum absolute atomic E-state index is 10.7. The molecule has 4 nitrogen and oxygen atoms in total. The number of carboxylic acid groups (broad SMARTS) is 1. The summed E-state index contributed by atoms with van der Waals surface area (Å²) in [5, 5.41) is 9.83. The van der Waals surface area contributed by atoms with Crippen molar-refractivity contribution in [1.82, 2.24) is 9.55 Å². The first-order valence-electron chi connectivity index (χ1n) is 4.72. The van der Waals surface area contributed by atoms with E-state index in [1.54, 1.807) is 12.1 Å². The third kappa shape index (κ3) is 2.28. The summed E-state index contributed by atoms with van der Waals surface area (Å²) in [6, 6.07) is 3.40. The largest absolute Gasteiger partial charge is 0.476 e. The van der Waals surface area contributed by atoms with Crippen LogP contribution in [0.1, 0.15) is 16.1 Å². The molecule has 0 atom stereocenters. The monoisotopic (exact) mass is 270 g/mol. The van der Waals surface area contributed by atoms with Crippen LogP contribution in [0.2, 0.25) is 10.0 Å². The van der Waals surface area contributed by atoms with Crippen LogP contribution >= 0.6 is 23.2 Å². The lowest BCUT2D eigenvalue weighted by molar-refractivity contribution is 0.0691. The fraction of sp³-hybridized carbons (Fsp3) is 0.0909. The van der Waals surface area contributed by atoms with Crippen molar-refractivity contribution >= 4 is 29.2 Å². The number of carboxylic acids is 1. The minimum atomic E-state index is -1.09. The van der Waals surface area contributed by atoms with E-state index in [1.807, 2.05) is 6.92 Å². The predicted octanol–water partition coefficient (Wildman–Crippen LogP) is 3.19. The molecule has 1 aromatic carbocycles. The Morgan fingerprint density at radius 3 is 2.65 bits per heavy atom. The van der Waals surface area contributed by atoms with Crippen molar-refractivity contribution in [1.29, 1.82) is 0 Å². The molecule has 88 valence electrons. The second-order valence-electron chi connectivity index (χ2n) is 3.52. The Balaban J connectivity index is 2.52. The van der Waals surface area contributed by atoms with Crippen LogP contribution < -0.4 is 0 Å². The molecule has 0 aliphatic heterocycles. The molecule has 0 aliphatic carbocycles. The van der Waals surface area contributed by atoms with Gasteiger partial charge in [0.2, 0.25) is 0 Å². The Kier molecular flexibility index (Phi) is 3.09. The maximum atomic E-state index is 10.7. The minimum Gasteiger partial charge on any atom is -0.476 e. The van der Waals surface area contributed by atoms with Gasteiger partial charge >= 0.3 is 5.97 Å². The zero-order valence-corrected chi connectivity index (χ0v) is 10.3. The third-order valence-corrected chi connectivity index (χ3v) is 3.02. The van der Waals surface area contributed by atoms with Gasteiger partial charge in [-0.3, -0.25) is 0 Å². The molecule has 0 amide bonds. The van der Waals surface area contributed by atoms with Gasteiger partial charge in [-0.1, -0.05) is 23.2 Å². The average Bonchev–Trinajstić information content (AvgIpc) is 2.72. The van der Waals surface area contributed by atoms with E-state index in [0.717, 1.165) is 5.56 Å². The van der Waals surface area contributed by atoms with E-state index < -0.39 is 5.97 Å². The lowest BCUT2D eigenvalue weighted by Crippen LogP contribution is -1.96. The Morgan fingerprint density at radius 1 is 1.35 bits per heavy atom. The number of rotatable bonds is 2. The minimum absolute atomic E-state index is 0.0437. The molecule has 0 radical (unpaired) electrons. The summed E-state index contributed by atoms with van der Waals surface area (Å²) < 4.78 is 1.52. The lowest BCUT2D eigenvalue weighted by atomic mass is 10.2. The molecule has 2 aromatic rings. The molecule has 17 heavy (non-hydrogen) atoms. The van der Waals surface area contributed by atoms with Crippen LogP contribution in [0.4, 0.5) is 0 Å². The molecule has 0 saturated carbocycles. The molecular weight excluding hydrogens is 263 g/mol. The van der Waals surface area contributed by atoms with E-state index in [2.05, 4.69) is 4.98 Å². The van der Waals surface area contributed by atoms with Gasteiger partial charge in [0, 0.05) is 11.2 Å². The number of carbonyl (C=O) groups is 1. The topological polar surface area (TPSA) is 55.1 Å². The number of benzene rings is 1. The van der Waals surface area contributed by atoms with Crippen LogP contribution in [0.3, 0.4) is 0 Å². The van der Waals surface area contributed by atoms with Gasteiger partial charge in [-0.05, 0) is 24.6 Å². The first kappa shape index (κ1) is 12.0. The Hall–Kier alpha value is -1.52. The van der Waals surface area contributed by atoms with Gasteiger partial charge in [0.1, 0.15) is 6.33 Å². The van der Waals surface area contributed by atoms with Gasteiger partial charge < -0.3 is 9.67 Å². The van der Waals surface area contributed by atoms with Crippen LogP contribution in [0.25, 0.3) is 5.69 Å². The Labute approximate surface area is 107 Å². The molecule has 1 N–H and O–H groups in total. The van der Waals surface area contributed by atoms with Gasteiger partial charge in [0.15, 0.2) is 5.69 Å². The van der Waals surface area contributed by atoms with Crippen LogP contribution in [0, 0.1) is 6.92 Å². The smallest absolute Gasteiger partial charge is 0.356 e. The van der Waals surface area contributed by atoms with Crippen molar-refractivity contribution in [3.63, 3.8) is 0 Å². The number of imidazole rings is 1. The highest BCUT2D eigenvalue weighted by molar-refractivity contribution is 6.35. The lowest BCUT2D eigenvalue weighted by Gasteiger charge is -2.07. The third-order valence-electron chi connectivity index (χ3n) is 2.31. The zero-order chi connectivity index (χ0) is 12.6. The SMILES string of the molecule is Cc1cc(Cl)c(-n2cnc(C(=O)O)c2)cc1Cl. The number of aromatic nitrogens is 2. The van der Waals surface area contributed by atoms with Crippen LogP contribution in [-0.4, -0.2) is 20.6 Å². The highest BCUT2D eigenvalue weighted by atomic mass is 35.5. The van der Waals surface area contributed by atoms with Crippen LogP contribution in [0.15, 0.2) is 24.7 Å². The highest BCUT2D eigenvalue weighted by Crippen LogP contribution is 2.27. The highest BCUT2D eigenvalue weighted by Gasteiger charge is 2.11. The van der Waals surface area contributed by atoms with E-state index in [-0.39, 0.29) is 5.69 Å². The number of nitrogens with zero attached hydrogens (tertiary/aromatic N) is 2. The van der Waals surface area contributed by atoms with Crippen molar-refractivity contribution in [3.8, 4) is 5.69 Å². The van der Waals surface area contributed by atoms with Gasteiger partial charge in [0.25, 0.3) is 0 Å². The summed E-state index contributed by atoms with van der Waals surface area (Å²) in [6.07, 6.45) is 2.77. The average molecular weight is 271 g/mol. The molecular formula is C11H8Cl2N2O2. The van der Waals surface area contributed by atoms with E-state index in [1.165, 1.54) is 17.1 Å². The molecule has 0 spiro atoms. The number of hydrogen-bond donors (Lipinski definition) is 1. The summed E-state index contributed by atoms with van der Waals surface area (Å²) in [5.41, 5.74) is 1.42. The summed E-state index contributed by atoms with van der Waals surface area (Å²) in [5.74, 6) is -1.09. The van der Waals surface area contributed by atoms with E-state index in [4.69, 9.17) is 28.3 Å². The molecule has 0 saturated heterocycles. The van der Waals surface area contributed by atoms with Crippen molar-refractivity contribution in [2.45, 2.75) is 6.92 Å². The van der Waals surface area contributed by atoms with Crippen molar-refractivity contribution < 1.29 is 9.90 Å². The maximum Gasteiger partial charge on any atom is 0.356 e. The van der Waals surface area contributed by atoms with Gasteiger partial charge in [-0.15, -0.1) is 0 Å². The van der Waals surface area contributed by atoms with Gasteiger partial charge in [-0.25, -0.2) is 9.78 Å². The number of hydrogen-bond acceptors (Lipinski definition) is 2. The van der Waals surface area contributed by atoms with Crippen molar-refractivity contribution in [2.75, 3.05) is 0 Å². The fourth-order valence-electron chi connectivity index (χ4n) is 1.40. The number of aromatic carboxylic acids is 1. The second kappa shape index (κ2) is 4.39. The molecule has 2 rings (SSSR count). The van der Waals surface area contributed by atoms with E-state index in [9.17, 15) is 4.79 Å². The normalized spacial score (nSPS) is 10.5. The summed E-state index contributed by atoms with van der Waals surface area (Å²) in [4.78, 5) is 14.5. The summed E-state index contributed by atoms with van der Waals surface area (Å²) >= 11 is 12.1. The standard InChI is InChI=1S/C11H8Cl2N2O2/c1-6-2-8(13)10(3-7(6)12)15-4-9(11(16)17)14-5-15/h2-5H,1H3,(H,16,17). The van der Waals surface area contributed by atoms with Crippen molar-refractivity contribution in [3.05, 3.63) is 46.0 Å². The Bertz CT molecular complexity index is 593. The zero-order valence-electron chi connectivity index (χ0n) is 8.82. The van der Waals surface area contributed by atoms with Crippen LogP contribution in [-0.2, 0) is 0 Å².